The van der Waals surface area contributed by atoms with Gasteiger partial charge in [-0.25, -0.2) is 0 Å². The summed E-state index contributed by atoms with van der Waals surface area (Å²) in [6.07, 6.45) is 0.986. The summed E-state index contributed by atoms with van der Waals surface area (Å²) in [6.45, 7) is 1.58. The lowest BCUT2D eigenvalue weighted by molar-refractivity contribution is -0.148. The Bertz CT molecular complexity index is 1310. The molecule has 1 aromatic carbocycles. The molecular weight excluding hydrogens is 459 g/mol. The van der Waals surface area contributed by atoms with Crippen molar-refractivity contribution in [2.75, 3.05) is 0 Å². The van der Waals surface area contributed by atoms with Gasteiger partial charge in [0, 0.05) is 18.0 Å². The third-order valence-electron chi connectivity index (χ3n) is 5.65. The van der Waals surface area contributed by atoms with Gasteiger partial charge in [0.1, 0.15) is 5.69 Å². The molecule has 170 valence electrons. The predicted molar refractivity (Wildman–Crippen MR) is 113 cm³/mol. The maximum atomic E-state index is 14.2. The zero-order valence-electron chi connectivity index (χ0n) is 17.2. The molecule has 0 spiro atoms. The van der Waals surface area contributed by atoms with Crippen molar-refractivity contribution in [2.24, 2.45) is 0 Å². The Kier molecular flexibility index (Phi) is 5.02. The van der Waals surface area contributed by atoms with Gasteiger partial charge in [-0.15, -0.1) is 0 Å². The Labute approximate surface area is 190 Å². The van der Waals surface area contributed by atoms with Crippen LogP contribution in [0.4, 0.5) is 13.2 Å². The second kappa shape index (κ2) is 7.67. The van der Waals surface area contributed by atoms with Crippen molar-refractivity contribution < 1.29 is 22.8 Å². The molecule has 0 saturated heterocycles. The lowest BCUT2D eigenvalue weighted by Crippen LogP contribution is -2.43. The lowest BCUT2D eigenvalue weighted by Gasteiger charge is -2.41. The zero-order valence-corrected chi connectivity index (χ0v) is 18.0. The molecule has 0 amide bonds. The van der Waals surface area contributed by atoms with Crippen LogP contribution in [0, 0.1) is 0 Å². The molecule has 4 aromatic rings. The van der Waals surface area contributed by atoms with E-state index in [4.69, 9.17) is 16.1 Å². The first-order chi connectivity index (χ1) is 15.7. The maximum absolute atomic E-state index is 14.2. The van der Waals surface area contributed by atoms with E-state index in [1.54, 1.807) is 31.2 Å². The van der Waals surface area contributed by atoms with Crippen molar-refractivity contribution in [2.45, 2.75) is 37.6 Å². The van der Waals surface area contributed by atoms with Crippen LogP contribution in [0.15, 0.2) is 53.6 Å². The van der Waals surface area contributed by atoms with Crippen LogP contribution in [0.5, 0.6) is 0 Å². The van der Waals surface area contributed by atoms with Crippen molar-refractivity contribution in [3.8, 4) is 33.8 Å². The number of halogens is 4. The van der Waals surface area contributed by atoms with Crippen LogP contribution in [0.2, 0.25) is 5.02 Å². The fourth-order valence-corrected chi connectivity index (χ4v) is 4.42. The third kappa shape index (κ3) is 3.79. The van der Waals surface area contributed by atoms with Gasteiger partial charge in [-0.1, -0.05) is 35.0 Å². The second-order valence-electron chi connectivity index (χ2n) is 8.21. The molecular formula is C22H17ClF3N5O2. The molecule has 1 N–H and O–H groups in total. The summed E-state index contributed by atoms with van der Waals surface area (Å²) in [5.41, 5.74) is -1.06. The third-order valence-corrected chi connectivity index (χ3v) is 5.98. The van der Waals surface area contributed by atoms with Crippen LogP contribution >= 0.6 is 11.6 Å². The monoisotopic (exact) mass is 475 g/mol. The molecule has 0 aliphatic heterocycles. The summed E-state index contributed by atoms with van der Waals surface area (Å²) in [5.74, 6) is -0.143. The second-order valence-corrected chi connectivity index (χ2v) is 8.62. The van der Waals surface area contributed by atoms with Crippen LogP contribution in [0.25, 0.3) is 33.8 Å². The maximum Gasteiger partial charge on any atom is 0.433 e. The minimum atomic E-state index is -4.73. The van der Waals surface area contributed by atoms with Crippen LogP contribution in [0.3, 0.4) is 0 Å². The van der Waals surface area contributed by atoms with Crippen LogP contribution in [-0.2, 0) is 6.18 Å². The van der Waals surface area contributed by atoms with E-state index in [0.29, 0.717) is 10.6 Å². The van der Waals surface area contributed by atoms with Crippen molar-refractivity contribution in [3.05, 3.63) is 59.8 Å². The van der Waals surface area contributed by atoms with Gasteiger partial charge < -0.3 is 9.63 Å². The summed E-state index contributed by atoms with van der Waals surface area (Å²) >= 11 is 6.34. The van der Waals surface area contributed by atoms with Crippen molar-refractivity contribution in [1.29, 1.82) is 0 Å². The first-order valence-corrected chi connectivity index (χ1v) is 10.4. The van der Waals surface area contributed by atoms with Crippen LogP contribution in [0.1, 0.15) is 31.5 Å². The molecule has 0 radical (unpaired) electrons. The quantitative estimate of drug-likeness (QED) is 0.424. The first kappa shape index (κ1) is 21.6. The van der Waals surface area contributed by atoms with E-state index >= 15 is 0 Å². The van der Waals surface area contributed by atoms with Crippen molar-refractivity contribution >= 4 is 11.6 Å². The fraction of sp³-hybridized carbons (Fsp3) is 0.273. The summed E-state index contributed by atoms with van der Waals surface area (Å²) in [7, 11) is 0. The SMILES string of the molecule is CC1(O)CC(n2ncc(-c3onc(-c4ccccc4Cl)c3-c3cnccn3)c2C(F)(F)F)C1. The Hall–Kier alpha value is -3.24. The number of hydrogen-bond acceptors (Lipinski definition) is 6. The highest BCUT2D eigenvalue weighted by Crippen LogP contribution is 2.48. The highest BCUT2D eigenvalue weighted by molar-refractivity contribution is 6.33. The number of alkyl halides is 3. The number of aliphatic hydroxyl groups is 1. The Morgan fingerprint density at radius 3 is 2.55 bits per heavy atom. The number of rotatable bonds is 4. The van der Waals surface area contributed by atoms with Gasteiger partial charge in [0.15, 0.2) is 11.5 Å². The van der Waals surface area contributed by atoms with Gasteiger partial charge in [0.2, 0.25) is 0 Å². The minimum Gasteiger partial charge on any atom is -0.390 e. The minimum absolute atomic E-state index is 0.143. The molecule has 3 aromatic heterocycles. The predicted octanol–water partition coefficient (Wildman–Crippen LogP) is 5.42. The summed E-state index contributed by atoms with van der Waals surface area (Å²) in [6, 6.07) is 6.21. The van der Waals surface area contributed by atoms with E-state index in [9.17, 15) is 18.3 Å². The van der Waals surface area contributed by atoms with Crippen LogP contribution in [-0.4, -0.2) is 35.6 Å². The molecule has 1 aliphatic carbocycles. The number of nitrogens with zero attached hydrogens (tertiary/aromatic N) is 5. The highest BCUT2D eigenvalue weighted by atomic mass is 35.5. The van der Waals surface area contributed by atoms with E-state index < -0.39 is 23.5 Å². The topological polar surface area (TPSA) is 89.9 Å². The largest absolute Gasteiger partial charge is 0.433 e. The van der Waals surface area contributed by atoms with Crippen LogP contribution < -0.4 is 0 Å². The lowest BCUT2D eigenvalue weighted by atomic mass is 9.77. The molecule has 5 rings (SSSR count). The molecule has 1 aliphatic rings. The standard InChI is InChI=1S/C22H17ClF3N5O2/c1-21(32)8-12(9-21)31-20(22(24,25)26)14(10-29-31)19-17(16-11-27-6-7-28-16)18(30-33-19)13-4-2-3-5-15(13)23/h2-7,10-12,32H,8-9H2,1H3. The fourth-order valence-electron chi connectivity index (χ4n) is 4.19. The van der Waals surface area contributed by atoms with Crippen molar-refractivity contribution in [1.82, 2.24) is 24.9 Å². The summed E-state index contributed by atoms with van der Waals surface area (Å²) in [4.78, 5) is 8.30. The smallest absolute Gasteiger partial charge is 0.390 e. The number of benzene rings is 1. The molecule has 1 fully saturated rings. The molecule has 11 heteroatoms. The van der Waals surface area contributed by atoms with E-state index in [1.165, 1.54) is 18.6 Å². The van der Waals surface area contributed by atoms with E-state index in [1.807, 2.05) is 0 Å². The molecule has 33 heavy (non-hydrogen) atoms. The Balaban J connectivity index is 1.73. The Morgan fingerprint density at radius 2 is 1.91 bits per heavy atom. The van der Waals surface area contributed by atoms with Gasteiger partial charge in [-0.05, 0) is 25.8 Å². The van der Waals surface area contributed by atoms with Gasteiger partial charge in [0.05, 0.1) is 45.9 Å². The zero-order chi connectivity index (χ0) is 23.4. The van der Waals surface area contributed by atoms with E-state index in [2.05, 4.69) is 20.2 Å². The molecule has 0 unspecified atom stereocenters. The molecule has 7 nitrogen and oxygen atoms in total. The normalized spacial score (nSPS) is 20.6. The number of hydrogen-bond donors (Lipinski definition) is 1. The van der Waals surface area contributed by atoms with Gasteiger partial charge in [-0.2, -0.15) is 18.3 Å². The van der Waals surface area contributed by atoms with Gasteiger partial charge >= 0.3 is 6.18 Å². The van der Waals surface area contributed by atoms with Gasteiger partial charge in [-0.3, -0.25) is 14.6 Å². The summed E-state index contributed by atoms with van der Waals surface area (Å²) in [5, 5.41) is 18.5. The molecule has 1 saturated carbocycles. The summed E-state index contributed by atoms with van der Waals surface area (Å²) < 4.78 is 49.1. The Morgan fingerprint density at radius 1 is 1.15 bits per heavy atom. The number of aromatic nitrogens is 5. The average molecular weight is 476 g/mol. The first-order valence-electron chi connectivity index (χ1n) is 10.0. The van der Waals surface area contributed by atoms with Gasteiger partial charge in [0.25, 0.3) is 0 Å². The van der Waals surface area contributed by atoms with E-state index in [0.717, 1.165) is 10.9 Å². The van der Waals surface area contributed by atoms with Crippen molar-refractivity contribution in [3.63, 3.8) is 0 Å². The molecule has 0 atom stereocenters. The van der Waals surface area contributed by atoms with E-state index in [-0.39, 0.29) is 41.1 Å². The molecule has 0 bridgehead atoms. The average Bonchev–Trinajstić information content (AvgIpc) is 3.37. The molecule has 3 heterocycles. The highest BCUT2D eigenvalue weighted by Gasteiger charge is 2.47.